The Morgan fingerprint density at radius 3 is 2.56 bits per heavy atom. The molecule has 8 nitrogen and oxygen atoms in total. The molecule has 186 valence electrons. The van der Waals surface area contributed by atoms with Crippen LogP contribution < -0.4 is 5.56 Å². The van der Waals surface area contributed by atoms with Crippen LogP contribution in [0.5, 0.6) is 5.75 Å². The molecule has 9 heteroatoms. The van der Waals surface area contributed by atoms with Crippen molar-refractivity contribution >= 4 is 17.3 Å². The summed E-state index contributed by atoms with van der Waals surface area (Å²) >= 11 is 0. The molecule has 1 aliphatic rings. The highest BCUT2D eigenvalue weighted by Crippen LogP contribution is 2.33. The van der Waals surface area contributed by atoms with Crippen molar-refractivity contribution < 1.29 is 19.4 Å². The standard InChI is InChI=1S/C27H27FN4O4/c1-15-7-4-8-18(23(15)28)13-14-19-9-5-11-21(25(19)33)29-30-24-17(3)31-32(26(24)34)22-12-6-10-20(16(22)2)27(35)36/h4-12,16,22,31,33H,13-14H2,1-3H3,(H,35,36). The van der Waals surface area contributed by atoms with E-state index >= 15 is 0 Å². The number of carboxylic acid groups (broad SMARTS) is 1. The number of benzene rings is 2. The Morgan fingerprint density at radius 1 is 1.11 bits per heavy atom. The van der Waals surface area contributed by atoms with Crippen molar-refractivity contribution in [3.05, 3.63) is 98.8 Å². The number of allylic oxidation sites excluding steroid dienone is 3. The fourth-order valence-electron chi connectivity index (χ4n) is 4.37. The van der Waals surface area contributed by atoms with Crippen LogP contribution in [0.4, 0.5) is 15.8 Å². The van der Waals surface area contributed by atoms with Gasteiger partial charge in [-0.3, -0.25) is 9.89 Å². The number of aromatic amines is 1. The quantitative estimate of drug-likeness (QED) is 0.374. The number of rotatable bonds is 7. The zero-order chi connectivity index (χ0) is 26.0. The predicted octanol–water partition coefficient (Wildman–Crippen LogP) is 5.60. The maximum Gasteiger partial charge on any atom is 0.331 e. The van der Waals surface area contributed by atoms with Gasteiger partial charge in [-0.2, -0.15) is 0 Å². The number of azo groups is 1. The summed E-state index contributed by atoms with van der Waals surface area (Å²) in [7, 11) is 0. The third-order valence-electron chi connectivity index (χ3n) is 6.49. The van der Waals surface area contributed by atoms with Crippen LogP contribution in [-0.4, -0.2) is 26.0 Å². The van der Waals surface area contributed by atoms with Gasteiger partial charge in [-0.15, -0.1) is 10.2 Å². The van der Waals surface area contributed by atoms with Crippen LogP contribution in [0.3, 0.4) is 0 Å². The molecule has 0 amide bonds. The molecule has 0 bridgehead atoms. The van der Waals surface area contributed by atoms with E-state index in [-0.39, 0.29) is 28.5 Å². The lowest BCUT2D eigenvalue weighted by molar-refractivity contribution is -0.133. The number of phenolic OH excluding ortho intramolecular Hbond substituents is 1. The molecule has 2 aromatic carbocycles. The highest BCUT2D eigenvalue weighted by Gasteiger charge is 2.29. The number of aryl methyl sites for hydroxylation is 4. The van der Waals surface area contributed by atoms with Gasteiger partial charge in [0.1, 0.15) is 17.3 Å². The summed E-state index contributed by atoms with van der Waals surface area (Å²) < 4.78 is 15.7. The number of nitrogens with one attached hydrogen (secondary N) is 1. The number of H-pyrrole nitrogens is 1. The smallest absolute Gasteiger partial charge is 0.331 e. The minimum absolute atomic E-state index is 0.0636. The summed E-state index contributed by atoms with van der Waals surface area (Å²) in [5, 5.41) is 31.3. The minimum atomic E-state index is -1.03. The number of hydrogen-bond acceptors (Lipinski definition) is 5. The Labute approximate surface area is 207 Å². The third kappa shape index (κ3) is 4.77. The van der Waals surface area contributed by atoms with E-state index in [1.165, 1.54) is 10.8 Å². The Hall–Kier alpha value is -4.27. The summed E-state index contributed by atoms with van der Waals surface area (Å²) in [6, 6.07) is 9.74. The Morgan fingerprint density at radius 2 is 1.81 bits per heavy atom. The van der Waals surface area contributed by atoms with E-state index in [0.29, 0.717) is 35.2 Å². The normalized spacial score (nSPS) is 17.5. The van der Waals surface area contributed by atoms with Crippen LogP contribution in [0.25, 0.3) is 0 Å². The van der Waals surface area contributed by atoms with Gasteiger partial charge in [0, 0.05) is 11.5 Å². The molecule has 3 N–H and O–H groups in total. The molecular weight excluding hydrogens is 463 g/mol. The summed E-state index contributed by atoms with van der Waals surface area (Å²) in [5.41, 5.74) is 2.19. The average Bonchev–Trinajstić information content (AvgIpc) is 3.13. The summed E-state index contributed by atoms with van der Waals surface area (Å²) in [6.45, 7) is 5.12. The summed E-state index contributed by atoms with van der Waals surface area (Å²) in [6.07, 6.45) is 5.69. The highest BCUT2D eigenvalue weighted by molar-refractivity contribution is 5.88. The van der Waals surface area contributed by atoms with E-state index in [1.54, 1.807) is 69.3 Å². The second-order valence-corrected chi connectivity index (χ2v) is 8.88. The van der Waals surface area contributed by atoms with Gasteiger partial charge < -0.3 is 10.2 Å². The maximum absolute atomic E-state index is 14.3. The monoisotopic (exact) mass is 490 g/mol. The molecule has 2 unspecified atom stereocenters. The van der Waals surface area contributed by atoms with Crippen LogP contribution >= 0.6 is 0 Å². The Kier molecular flexibility index (Phi) is 7.00. The third-order valence-corrected chi connectivity index (χ3v) is 6.49. The topological polar surface area (TPSA) is 120 Å². The molecule has 1 aromatic heterocycles. The number of carbonyl (C=O) groups is 1. The molecule has 0 spiro atoms. The number of halogens is 1. The van der Waals surface area contributed by atoms with Crippen molar-refractivity contribution in [3.8, 4) is 5.75 Å². The minimum Gasteiger partial charge on any atom is -0.505 e. The molecule has 3 aromatic rings. The number of nitrogens with zero attached hydrogens (tertiary/aromatic N) is 3. The lowest BCUT2D eigenvalue weighted by Crippen LogP contribution is -2.29. The number of aliphatic carboxylic acids is 1. The molecule has 0 saturated carbocycles. The first-order valence-electron chi connectivity index (χ1n) is 11.6. The predicted molar refractivity (Wildman–Crippen MR) is 134 cm³/mol. The van der Waals surface area contributed by atoms with Gasteiger partial charge >= 0.3 is 5.97 Å². The van der Waals surface area contributed by atoms with Crippen molar-refractivity contribution in [2.75, 3.05) is 0 Å². The lowest BCUT2D eigenvalue weighted by atomic mass is 9.89. The number of para-hydroxylation sites is 1. The lowest BCUT2D eigenvalue weighted by Gasteiger charge is -2.24. The fraction of sp³-hybridized carbons (Fsp3) is 0.259. The van der Waals surface area contributed by atoms with Crippen LogP contribution in [-0.2, 0) is 17.6 Å². The Bertz CT molecular complexity index is 1460. The van der Waals surface area contributed by atoms with Crippen LogP contribution in [0, 0.1) is 25.6 Å². The van der Waals surface area contributed by atoms with Gasteiger partial charge in [0.2, 0.25) is 0 Å². The van der Waals surface area contributed by atoms with Crippen LogP contribution in [0.15, 0.2) is 75.2 Å². The molecule has 4 rings (SSSR count). The van der Waals surface area contributed by atoms with Crippen molar-refractivity contribution in [1.29, 1.82) is 0 Å². The van der Waals surface area contributed by atoms with Gasteiger partial charge in [-0.25, -0.2) is 13.9 Å². The largest absolute Gasteiger partial charge is 0.505 e. The zero-order valence-electron chi connectivity index (χ0n) is 20.2. The van der Waals surface area contributed by atoms with E-state index < -0.39 is 23.5 Å². The number of aromatic hydroxyl groups is 1. The molecule has 2 atom stereocenters. The molecule has 1 aliphatic carbocycles. The first kappa shape index (κ1) is 24.8. The second kappa shape index (κ2) is 10.2. The molecule has 0 aliphatic heterocycles. The van der Waals surface area contributed by atoms with Crippen molar-refractivity contribution in [3.63, 3.8) is 0 Å². The van der Waals surface area contributed by atoms with Gasteiger partial charge in [0.15, 0.2) is 5.69 Å². The molecule has 0 saturated heterocycles. The summed E-state index contributed by atoms with van der Waals surface area (Å²) in [4.78, 5) is 24.6. The SMILES string of the molecule is Cc1cccc(CCc2cccc(N=Nc3c(C)[nH]n(C4C=CC=C(C(=O)O)C4C)c3=O)c2O)c1F. The van der Waals surface area contributed by atoms with Crippen LogP contribution in [0.1, 0.15) is 35.3 Å². The van der Waals surface area contributed by atoms with Crippen molar-refractivity contribution in [2.24, 2.45) is 16.1 Å². The molecule has 1 heterocycles. The molecular formula is C27H27FN4O4. The van der Waals surface area contributed by atoms with E-state index in [1.807, 2.05) is 0 Å². The first-order valence-corrected chi connectivity index (χ1v) is 11.6. The van der Waals surface area contributed by atoms with Crippen LogP contribution in [0.2, 0.25) is 0 Å². The first-order chi connectivity index (χ1) is 17.2. The fourth-order valence-corrected chi connectivity index (χ4v) is 4.37. The van der Waals surface area contributed by atoms with Gasteiger partial charge in [-0.05, 0) is 49.4 Å². The molecule has 0 radical (unpaired) electrons. The van der Waals surface area contributed by atoms with E-state index in [4.69, 9.17) is 0 Å². The van der Waals surface area contributed by atoms with E-state index in [9.17, 15) is 24.2 Å². The number of hydrogen-bond donors (Lipinski definition) is 3. The maximum atomic E-state index is 14.3. The molecule has 36 heavy (non-hydrogen) atoms. The average molecular weight is 491 g/mol. The number of aromatic nitrogens is 2. The van der Waals surface area contributed by atoms with Crippen molar-refractivity contribution in [2.45, 2.75) is 39.7 Å². The van der Waals surface area contributed by atoms with Gasteiger partial charge in [-0.1, -0.05) is 55.5 Å². The Balaban J connectivity index is 1.57. The van der Waals surface area contributed by atoms with Gasteiger partial charge in [0.05, 0.1) is 11.7 Å². The number of phenols is 1. The zero-order valence-corrected chi connectivity index (χ0v) is 20.2. The van der Waals surface area contributed by atoms with Gasteiger partial charge in [0.25, 0.3) is 5.56 Å². The second-order valence-electron chi connectivity index (χ2n) is 8.88. The highest BCUT2D eigenvalue weighted by atomic mass is 19.1. The molecule has 0 fully saturated rings. The van der Waals surface area contributed by atoms with Crippen molar-refractivity contribution in [1.82, 2.24) is 9.78 Å². The summed E-state index contributed by atoms with van der Waals surface area (Å²) in [5.74, 6) is -1.80. The van der Waals surface area contributed by atoms with E-state index in [0.717, 1.165) is 0 Å². The van der Waals surface area contributed by atoms with E-state index in [2.05, 4.69) is 15.3 Å². The number of carboxylic acids is 1.